The van der Waals surface area contributed by atoms with E-state index in [1.807, 2.05) is 24.3 Å². The van der Waals surface area contributed by atoms with Crippen LogP contribution in [-0.4, -0.2) is 38.8 Å². The number of carbonyl (C=O) groups is 2. The summed E-state index contributed by atoms with van der Waals surface area (Å²) in [6.07, 6.45) is 0. The largest absolute Gasteiger partial charge is 0.493 e. The van der Waals surface area contributed by atoms with Crippen LogP contribution in [0.2, 0.25) is 0 Å². The van der Waals surface area contributed by atoms with Gasteiger partial charge in [-0.25, -0.2) is 4.79 Å². The number of methoxy groups -OCH3 is 1. The number of esters is 1. The van der Waals surface area contributed by atoms with Gasteiger partial charge in [0.1, 0.15) is 13.2 Å². The van der Waals surface area contributed by atoms with Crippen molar-refractivity contribution in [2.45, 2.75) is 19.8 Å². The SMILES string of the molecule is COc1cc(C(=O)OCC(=O)Nc2ccc(C(C)C)cc2)cc2c1OCCO2. The summed E-state index contributed by atoms with van der Waals surface area (Å²) in [5, 5.41) is 2.70. The predicted molar refractivity (Wildman–Crippen MR) is 103 cm³/mol. The lowest BCUT2D eigenvalue weighted by Crippen LogP contribution is -2.21. The van der Waals surface area contributed by atoms with Crippen molar-refractivity contribution in [1.29, 1.82) is 0 Å². The van der Waals surface area contributed by atoms with Gasteiger partial charge in [-0.1, -0.05) is 26.0 Å². The van der Waals surface area contributed by atoms with Crippen molar-refractivity contribution in [2.75, 3.05) is 32.2 Å². The molecule has 3 rings (SSSR count). The summed E-state index contributed by atoms with van der Waals surface area (Å²) >= 11 is 0. The molecule has 1 heterocycles. The van der Waals surface area contributed by atoms with Gasteiger partial charge in [0.05, 0.1) is 12.7 Å². The van der Waals surface area contributed by atoms with Gasteiger partial charge in [-0.05, 0) is 35.7 Å². The van der Waals surface area contributed by atoms with Crippen molar-refractivity contribution >= 4 is 17.6 Å². The minimum atomic E-state index is -0.652. The molecule has 1 aliphatic rings. The first-order valence-corrected chi connectivity index (χ1v) is 9.02. The van der Waals surface area contributed by atoms with Crippen LogP contribution in [0.4, 0.5) is 5.69 Å². The van der Waals surface area contributed by atoms with Crippen molar-refractivity contribution in [3.05, 3.63) is 47.5 Å². The number of anilines is 1. The predicted octanol–water partition coefficient (Wildman–Crippen LogP) is 3.39. The van der Waals surface area contributed by atoms with E-state index < -0.39 is 18.5 Å². The first kappa shape index (κ1) is 19.5. The summed E-state index contributed by atoms with van der Waals surface area (Å²) in [6.45, 7) is 4.58. The second-order valence-corrected chi connectivity index (χ2v) is 6.60. The molecule has 0 fully saturated rings. The Labute approximate surface area is 163 Å². The summed E-state index contributed by atoms with van der Waals surface area (Å²) in [7, 11) is 1.47. The minimum Gasteiger partial charge on any atom is -0.493 e. The number of hydrogen-bond acceptors (Lipinski definition) is 6. The molecule has 148 valence electrons. The van der Waals surface area contributed by atoms with Gasteiger partial charge in [0.15, 0.2) is 18.1 Å². The van der Waals surface area contributed by atoms with Crippen LogP contribution in [0.3, 0.4) is 0 Å². The van der Waals surface area contributed by atoms with E-state index in [1.54, 1.807) is 0 Å². The maximum atomic E-state index is 12.3. The van der Waals surface area contributed by atoms with Crippen molar-refractivity contribution in [3.63, 3.8) is 0 Å². The van der Waals surface area contributed by atoms with Crippen molar-refractivity contribution in [3.8, 4) is 17.2 Å². The molecule has 0 aromatic heterocycles. The van der Waals surface area contributed by atoms with Crippen LogP contribution >= 0.6 is 0 Å². The standard InChI is InChI=1S/C21H23NO6/c1-13(2)14-4-6-16(7-5-14)22-19(23)12-28-21(24)15-10-17(25-3)20-18(11-15)26-8-9-27-20/h4-7,10-11,13H,8-9,12H2,1-3H3,(H,22,23). The molecule has 2 aromatic rings. The number of carbonyl (C=O) groups excluding carboxylic acids is 2. The van der Waals surface area contributed by atoms with Crippen LogP contribution in [0.25, 0.3) is 0 Å². The first-order chi connectivity index (χ1) is 13.5. The van der Waals surface area contributed by atoms with E-state index in [9.17, 15) is 9.59 Å². The summed E-state index contributed by atoms with van der Waals surface area (Å²) in [5.74, 6) is 0.573. The molecule has 28 heavy (non-hydrogen) atoms. The molecule has 0 unspecified atom stereocenters. The molecule has 0 bridgehead atoms. The van der Waals surface area contributed by atoms with Gasteiger partial charge >= 0.3 is 5.97 Å². The Bertz CT molecular complexity index is 843. The lowest BCUT2D eigenvalue weighted by Gasteiger charge is -2.21. The Morgan fingerprint density at radius 1 is 1.11 bits per heavy atom. The summed E-state index contributed by atoms with van der Waals surface area (Å²) in [5.41, 5.74) is 2.04. The fourth-order valence-electron chi connectivity index (χ4n) is 2.75. The molecule has 7 heteroatoms. The Hall–Kier alpha value is -3.22. The molecular weight excluding hydrogens is 362 g/mol. The fraction of sp³-hybridized carbons (Fsp3) is 0.333. The molecule has 2 aromatic carbocycles. The third-order valence-corrected chi connectivity index (χ3v) is 4.26. The van der Waals surface area contributed by atoms with E-state index in [4.69, 9.17) is 18.9 Å². The van der Waals surface area contributed by atoms with Crippen molar-refractivity contribution in [2.24, 2.45) is 0 Å². The number of nitrogens with one attached hydrogen (secondary N) is 1. The molecule has 1 N–H and O–H groups in total. The molecule has 0 spiro atoms. The van der Waals surface area contributed by atoms with Crippen LogP contribution in [0.15, 0.2) is 36.4 Å². The Balaban J connectivity index is 1.59. The highest BCUT2D eigenvalue weighted by Gasteiger charge is 2.22. The van der Waals surface area contributed by atoms with Crippen molar-refractivity contribution in [1.82, 2.24) is 0 Å². The molecule has 0 saturated heterocycles. The number of rotatable bonds is 6. The monoisotopic (exact) mass is 385 g/mol. The highest BCUT2D eigenvalue weighted by Crippen LogP contribution is 2.40. The van der Waals surface area contributed by atoms with Gasteiger partial charge in [0.25, 0.3) is 5.91 Å². The highest BCUT2D eigenvalue weighted by molar-refractivity contribution is 5.96. The van der Waals surface area contributed by atoms with Gasteiger partial charge in [-0.3, -0.25) is 4.79 Å². The molecule has 1 amide bonds. The maximum absolute atomic E-state index is 12.3. The molecule has 7 nitrogen and oxygen atoms in total. The number of benzene rings is 2. The Morgan fingerprint density at radius 2 is 1.82 bits per heavy atom. The topological polar surface area (TPSA) is 83.1 Å². The maximum Gasteiger partial charge on any atom is 0.338 e. The van der Waals surface area contributed by atoms with Crippen LogP contribution < -0.4 is 19.5 Å². The second-order valence-electron chi connectivity index (χ2n) is 6.60. The van der Waals surface area contributed by atoms with E-state index in [-0.39, 0.29) is 5.56 Å². The van der Waals surface area contributed by atoms with Gasteiger partial charge in [0.2, 0.25) is 5.75 Å². The van der Waals surface area contributed by atoms with E-state index in [0.717, 1.165) is 0 Å². The summed E-state index contributed by atoms with van der Waals surface area (Å²) in [6, 6.07) is 10.6. The zero-order chi connectivity index (χ0) is 20.1. The number of ether oxygens (including phenoxy) is 4. The van der Waals surface area contributed by atoms with E-state index in [1.165, 1.54) is 24.8 Å². The Kier molecular flexibility index (Phi) is 6.03. The lowest BCUT2D eigenvalue weighted by molar-refractivity contribution is -0.119. The molecular formula is C21H23NO6. The zero-order valence-corrected chi connectivity index (χ0v) is 16.1. The van der Waals surface area contributed by atoms with Gasteiger partial charge in [-0.15, -0.1) is 0 Å². The number of fused-ring (bicyclic) bond motifs is 1. The third-order valence-electron chi connectivity index (χ3n) is 4.26. The average Bonchev–Trinajstić information content (AvgIpc) is 2.71. The smallest absolute Gasteiger partial charge is 0.338 e. The molecule has 0 radical (unpaired) electrons. The quantitative estimate of drug-likeness (QED) is 0.768. The van der Waals surface area contributed by atoms with Gasteiger partial charge in [0, 0.05) is 5.69 Å². The van der Waals surface area contributed by atoms with E-state index in [2.05, 4.69) is 19.2 Å². The summed E-state index contributed by atoms with van der Waals surface area (Å²) in [4.78, 5) is 24.4. The average molecular weight is 385 g/mol. The Morgan fingerprint density at radius 3 is 2.50 bits per heavy atom. The fourth-order valence-corrected chi connectivity index (χ4v) is 2.75. The normalized spacial score (nSPS) is 12.4. The molecule has 1 aliphatic heterocycles. The van der Waals surface area contributed by atoms with Gasteiger partial charge < -0.3 is 24.3 Å². The third kappa shape index (κ3) is 4.54. The van der Waals surface area contributed by atoms with Crippen LogP contribution in [0, 0.1) is 0 Å². The number of hydrogen-bond donors (Lipinski definition) is 1. The molecule has 0 atom stereocenters. The molecule has 0 aliphatic carbocycles. The number of amides is 1. The molecule has 0 saturated carbocycles. The van der Waals surface area contributed by atoms with Gasteiger partial charge in [-0.2, -0.15) is 0 Å². The van der Waals surface area contributed by atoms with E-state index in [0.29, 0.717) is 42.1 Å². The van der Waals surface area contributed by atoms with Crippen LogP contribution in [0.5, 0.6) is 17.2 Å². The minimum absolute atomic E-state index is 0.218. The van der Waals surface area contributed by atoms with Crippen molar-refractivity contribution < 1.29 is 28.5 Å². The van der Waals surface area contributed by atoms with E-state index >= 15 is 0 Å². The van der Waals surface area contributed by atoms with Crippen LogP contribution in [0.1, 0.15) is 35.7 Å². The van der Waals surface area contributed by atoms with Crippen LogP contribution in [-0.2, 0) is 9.53 Å². The summed E-state index contributed by atoms with van der Waals surface area (Å²) < 4.78 is 21.4. The lowest BCUT2D eigenvalue weighted by atomic mass is 10.0. The zero-order valence-electron chi connectivity index (χ0n) is 16.1. The second kappa shape index (κ2) is 8.65. The first-order valence-electron chi connectivity index (χ1n) is 9.02. The highest BCUT2D eigenvalue weighted by atomic mass is 16.6.